The lowest BCUT2D eigenvalue weighted by Gasteiger charge is -2.28. The minimum absolute atomic E-state index is 0.142. The van der Waals surface area contributed by atoms with Crippen molar-refractivity contribution in [3.63, 3.8) is 0 Å². The SMILES string of the molecule is C=CCC1/C(=C\CC)c2ccc(-c3ccc(CCC)cc3)cc2C1(C)C. The topological polar surface area (TPSA) is 0 Å². The van der Waals surface area contributed by atoms with E-state index in [1.807, 2.05) is 0 Å². The first-order chi connectivity index (χ1) is 12.5. The van der Waals surface area contributed by atoms with Gasteiger partial charge in [0, 0.05) is 0 Å². The summed E-state index contributed by atoms with van der Waals surface area (Å²) in [7, 11) is 0. The standard InChI is InChI=1S/C26H32/c1-6-9-19-12-14-20(15-13-19)21-16-17-23-22(10-7-2)24(11-8-3)26(4,5)25(23)18-21/h8,10,12-18,24H,3,6-7,9,11H2,1-2,4-5H3/b22-10-. The third kappa shape index (κ3) is 3.30. The van der Waals surface area contributed by atoms with Crippen LogP contribution >= 0.6 is 0 Å². The van der Waals surface area contributed by atoms with Crippen LogP contribution in [-0.4, -0.2) is 0 Å². The molecule has 1 aliphatic carbocycles. The largest absolute Gasteiger partial charge is 0.103 e. The zero-order valence-corrected chi connectivity index (χ0v) is 16.8. The number of benzene rings is 2. The van der Waals surface area contributed by atoms with E-state index in [9.17, 15) is 0 Å². The lowest BCUT2D eigenvalue weighted by atomic mass is 9.75. The Morgan fingerprint density at radius 2 is 1.69 bits per heavy atom. The van der Waals surface area contributed by atoms with Gasteiger partial charge in [-0.25, -0.2) is 0 Å². The Bertz CT molecular complexity index is 802. The van der Waals surface area contributed by atoms with Crippen LogP contribution in [0.15, 0.2) is 61.2 Å². The van der Waals surface area contributed by atoms with Gasteiger partial charge in [0.15, 0.2) is 0 Å². The molecule has 0 saturated heterocycles. The summed E-state index contributed by atoms with van der Waals surface area (Å²) in [4.78, 5) is 0. The Morgan fingerprint density at radius 1 is 1.00 bits per heavy atom. The van der Waals surface area contributed by atoms with Gasteiger partial charge in [0.2, 0.25) is 0 Å². The lowest BCUT2D eigenvalue weighted by Crippen LogP contribution is -2.23. The molecule has 1 atom stereocenters. The molecular weight excluding hydrogens is 312 g/mol. The lowest BCUT2D eigenvalue weighted by molar-refractivity contribution is 0.416. The van der Waals surface area contributed by atoms with Gasteiger partial charge < -0.3 is 0 Å². The number of fused-ring (bicyclic) bond motifs is 1. The van der Waals surface area contributed by atoms with E-state index >= 15 is 0 Å². The highest BCUT2D eigenvalue weighted by molar-refractivity contribution is 5.80. The molecule has 0 heteroatoms. The second kappa shape index (κ2) is 7.66. The predicted octanol–water partition coefficient (Wildman–Crippen LogP) is 7.58. The van der Waals surface area contributed by atoms with Gasteiger partial charge in [-0.05, 0) is 70.1 Å². The Hall–Kier alpha value is -2.08. The first-order valence-electron chi connectivity index (χ1n) is 10.1. The maximum atomic E-state index is 4.01. The molecular formula is C26H32. The van der Waals surface area contributed by atoms with Gasteiger partial charge in [0.05, 0.1) is 0 Å². The van der Waals surface area contributed by atoms with Crippen LogP contribution in [0.5, 0.6) is 0 Å². The second-order valence-electron chi connectivity index (χ2n) is 8.07. The van der Waals surface area contributed by atoms with E-state index in [1.165, 1.54) is 39.8 Å². The smallest absolute Gasteiger partial charge is 0.00256 e. The van der Waals surface area contributed by atoms with Gasteiger partial charge in [-0.3, -0.25) is 0 Å². The molecule has 3 rings (SSSR count). The summed E-state index contributed by atoms with van der Waals surface area (Å²) in [5.41, 5.74) is 8.65. The highest BCUT2D eigenvalue weighted by atomic mass is 14.4. The number of hydrogen-bond donors (Lipinski definition) is 0. The molecule has 0 saturated carbocycles. The van der Waals surface area contributed by atoms with Crippen LogP contribution in [0, 0.1) is 5.92 Å². The molecule has 0 spiro atoms. The molecule has 0 radical (unpaired) electrons. The zero-order valence-electron chi connectivity index (χ0n) is 16.8. The van der Waals surface area contributed by atoms with Gasteiger partial charge in [0.1, 0.15) is 0 Å². The molecule has 1 unspecified atom stereocenters. The third-order valence-electron chi connectivity index (χ3n) is 5.92. The summed E-state index contributed by atoms with van der Waals surface area (Å²) >= 11 is 0. The maximum absolute atomic E-state index is 4.01. The second-order valence-corrected chi connectivity index (χ2v) is 8.07. The monoisotopic (exact) mass is 344 g/mol. The third-order valence-corrected chi connectivity index (χ3v) is 5.92. The number of aryl methyl sites for hydroxylation is 1. The molecule has 2 aromatic carbocycles. The molecule has 1 aliphatic rings. The van der Waals surface area contributed by atoms with Crippen molar-refractivity contribution in [3.8, 4) is 11.1 Å². The van der Waals surface area contributed by atoms with Crippen molar-refractivity contribution in [2.24, 2.45) is 5.92 Å². The van der Waals surface area contributed by atoms with Crippen molar-refractivity contribution in [1.29, 1.82) is 0 Å². The van der Waals surface area contributed by atoms with Crippen LogP contribution in [0.2, 0.25) is 0 Å². The summed E-state index contributed by atoms with van der Waals surface area (Å²) in [5, 5.41) is 0. The molecule has 0 nitrogen and oxygen atoms in total. The highest BCUT2D eigenvalue weighted by Crippen LogP contribution is 2.52. The summed E-state index contributed by atoms with van der Waals surface area (Å²) in [6.07, 6.45) is 8.97. The predicted molar refractivity (Wildman–Crippen MR) is 115 cm³/mol. The molecule has 136 valence electrons. The molecule has 0 N–H and O–H groups in total. The Kier molecular flexibility index (Phi) is 5.51. The minimum Gasteiger partial charge on any atom is -0.103 e. The van der Waals surface area contributed by atoms with E-state index in [-0.39, 0.29) is 5.41 Å². The van der Waals surface area contributed by atoms with Crippen molar-refractivity contribution in [3.05, 3.63) is 77.9 Å². The zero-order chi connectivity index (χ0) is 18.7. The Morgan fingerprint density at radius 3 is 2.31 bits per heavy atom. The quantitative estimate of drug-likeness (QED) is 0.474. The number of rotatable bonds is 6. The van der Waals surface area contributed by atoms with E-state index in [2.05, 4.69) is 88.9 Å². The van der Waals surface area contributed by atoms with Gasteiger partial charge in [-0.2, -0.15) is 0 Å². The van der Waals surface area contributed by atoms with E-state index in [0.717, 1.165) is 19.3 Å². The van der Waals surface area contributed by atoms with Crippen LogP contribution in [-0.2, 0) is 11.8 Å². The van der Waals surface area contributed by atoms with Crippen molar-refractivity contribution in [2.45, 2.75) is 58.8 Å². The molecule has 0 amide bonds. The number of hydrogen-bond acceptors (Lipinski definition) is 0. The molecule has 0 bridgehead atoms. The summed E-state index contributed by atoms with van der Waals surface area (Å²) < 4.78 is 0. The fraction of sp³-hybridized carbons (Fsp3) is 0.385. The van der Waals surface area contributed by atoms with Crippen LogP contribution in [0.1, 0.15) is 63.6 Å². The van der Waals surface area contributed by atoms with Crippen molar-refractivity contribution in [2.75, 3.05) is 0 Å². The van der Waals surface area contributed by atoms with Crippen LogP contribution < -0.4 is 0 Å². The van der Waals surface area contributed by atoms with Gasteiger partial charge in [-0.1, -0.05) is 82.7 Å². The van der Waals surface area contributed by atoms with Crippen molar-refractivity contribution >= 4 is 5.57 Å². The Labute approximate surface area is 159 Å². The van der Waals surface area contributed by atoms with E-state index < -0.39 is 0 Å². The first kappa shape index (κ1) is 18.7. The fourth-order valence-electron chi connectivity index (χ4n) is 4.49. The summed E-state index contributed by atoms with van der Waals surface area (Å²) in [6, 6.07) is 16.2. The highest BCUT2D eigenvalue weighted by Gasteiger charge is 2.41. The first-order valence-corrected chi connectivity index (χ1v) is 10.1. The van der Waals surface area contributed by atoms with Gasteiger partial charge in [-0.15, -0.1) is 6.58 Å². The molecule has 0 aliphatic heterocycles. The van der Waals surface area contributed by atoms with Gasteiger partial charge >= 0.3 is 0 Å². The summed E-state index contributed by atoms with van der Waals surface area (Å²) in [5.74, 6) is 0.525. The summed E-state index contributed by atoms with van der Waals surface area (Å²) in [6.45, 7) is 13.3. The van der Waals surface area contributed by atoms with Crippen molar-refractivity contribution < 1.29 is 0 Å². The average molecular weight is 345 g/mol. The normalized spacial score (nSPS) is 19.5. The van der Waals surface area contributed by atoms with Crippen LogP contribution in [0.3, 0.4) is 0 Å². The van der Waals surface area contributed by atoms with Crippen LogP contribution in [0.4, 0.5) is 0 Å². The fourth-order valence-corrected chi connectivity index (χ4v) is 4.49. The Balaban J connectivity index is 2.04. The van der Waals surface area contributed by atoms with Crippen LogP contribution in [0.25, 0.3) is 16.7 Å². The van der Waals surface area contributed by atoms with E-state index in [1.54, 1.807) is 0 Å². The average Bonchev–Trinajstić information content (AvgIpc) is 2.84. The molecule has 0 heterocycles. The van der Waals surface area contributed by atoms with E-state index in [4.69, 9.17) is 0 Å². The van der Waals surface area contributed by atoms with E-state index in [0.29, 0.717) is 5.92 Å². The molecule has 26 heavy (non-hydrogen) atoms. The minimum atomic E-state index is 0.142. The maximum Gasteiger partial charge on any atom is -0.00256 e. The molecule has 2 aromatic rings. The molecule has 0 aromatic heterocycles. The van der Waals surface area contributed by atoms with Crippen molar-refractivity contribution in [1.82, 2.24) is 0 Å². The molecule has 0 fully saturated rings. The van der Waals surface area contributed by atoms with Gasteiger partial charge in [0.25, 0.3) is 0 Å². The number of allylic oxidation sites excluding steroid dienone is 3.